The number of furan rings is 1. The summed E-state index contributed by atoms with van der Waals surface area (Å²) in [5, 5.41) is 2.76. The van der Waals surface area contributed by atoms with Gasteiger partial charge in [-0.05, 0) is 29.8 Å². The Morgan fingerprint density at radius 1 is 1.00 bits per heavy atom. The fourth-order valence-electron chi connectivity index (χ4n) is 2.87. The topological polar surface area (TPSA) is 55.1 Å². The van der Waals surface area contributed by atoms with E-state index in [1.54, 1.807) is 6.20 Å². The summed E-state index contributed by atoms with van der Waals surface area (Å²) in [5.74, 6) is 0.449. The lowest BCUT2D eigenvalue weighted by molar-refractivity contribution is -0.111. The van der Waals surface area contributed by atoms with Gasteiger partial charge >= 0.3 is 0 Å². The molecule has 4 rings (SSSR count). The van der Waals surface area contributed by atoms with Crippen LogP contribution in [0.5, 0.6) is 0 Å². The maximum Gasteiger partial charge on any atom is 0.247 e. The Morgan fingerprint density at radius 3 is 2.62 bits per heavy atom. The van der Waals surface area contributed by atoms with Gasteiger partial charge < -0.3 is 9.73 Å². The molecule has 0 aliphatic heterocycles. The van der Waals surface area contributed by atoms with Crippen molar-refractivity contribution in [3.63, 3.8) is 0 Å². The summed E-state index contributed by atoms with van der Waals surface area (Å²) in [5.41, 5.74) is 5.16. The first kappa shape index (κ1) is 15.8. The summed E-state index contributed by atoms with van der Waals surface area (Å²) in [6, 6.07) is 21.4. The molecule has 2 aromatic heterocycles. The molecule has 0 bridgehead atoms. The average Bonchev–Trinajstić information content (AvgIpc) is 3.13. The van der Waals surface area contributed by atoms with E-state index in [0.29, 0.717) is 11.4 Å². The quantitative estimate of drug-likeness (QED) is 0.514. The second-order valence-corrected chi connectivity index (χ2v) is 5.82. The van der Waals surface area contributed by atoms with Gasteiger partial charge in [-0.25, -0.2) is 0 Å². The molecular formula is C22H16N2O2. The van der Waals surface area contributed by atoms with Gasteiger partial charge in [0.2, 0.25) is 5.91 Å². The number of nitrogens with one attached hydrogen (secondary N) is 1. The number of hydrogen-bond donors (Lipinski definition) is 1. The molecule has 4 nitrogen and oxygen atoms in total. The van der Waals surface area contributed by atoms with Gasteiger partial charge in [-0.3, -0.25) is 9.78 Å². The lowest BCUT2D eigenvalue weighted by atomic mass is 10.1. The monoisotopic (exact) mass is 340 g/mol. The van der Waals surface area contributed by atoms with Gasteiger partial charge in [0, 0.05) is 29.1 Å². The highest BCUT2D eigenvalue weighted by atomic mass is 16.3. The highest BCUT2D eigenvalue weighted by Crippen LogP contribution is 2.34. The molecule has 1 N–H and O–H groups in total. The number of benzene rings is 2. The maximum atomic E-state index is 11.5. The van der Waals surface area contributed by atoms with Gasteiger partial charge in [0.25, 0.3) is 0 Å². The van der Waals surface area contributed by atoms with Crippen molar-refractivity contribution in [2.45, 2.75) is 0 Å². The van der Waals surface area contributed by atoms with Gasteiger partial charge in [-0.15, -0.1) is 0 Å². The minimum atomic E-state index is -0.250. The molecule has 0 spiro atoms. The van der Waals surface area contributed by atoms with E-state index in [0.717, 1.165) is 27.8 Å². The largest absolute Gasteiger partial charge is 0.454 e. The van der Waals surface area contributed by atoms with Crippen molar-refractivity contribution in [2.75, 3.05) is 5.32 Å². The second kappa shape index (κ2) is 6.69. The van der Waals surface area contributed by atoms with Crippen LogP contribution in [0.2, 0.25) is 0 Å². The Balaban J connectivity index is 1.78. The number of anilines is 1. The van der Waals surface area contributed by atoms with Crippen molar-refractivity contribution in [3.8, 4) is 22.5 Å². The SMILES string of the molecule is C=CC(=O)Nc1cccc(-c2cc3nccc(-c4ccccc4)c3o2)c1. The van der Waals surface area contributed by atoms with Crippen LogP contribution in [0.15, 0.2) is 90.0 Å². The van der Waals surface area contributed by atoms with E-state index < -0.39 is 0 Å². The van der Waals surface area contributed by atoms with Gasteiger partial charge in [-0.2, -0.15) is 0 Å². The lowest BCUT2D eigenvalue weighted by Gasteiger charge is -2.04. The number of hydrogen-bond acceptors (Lipinski definition) is 3. The lowest BCUT2D eigenvalue weighted by Crippen LogP contribution is -2.06. The number of carbonyl (C=O) groups excluding carboxylic acids is 1. The molecule has 1 amide bonds. The Kier molecular flexibility index (Phi) is 4.07. The Morgan fingerprint density at radius 2 is 1.81 bits per heavy atom. The van der Waals surface area contributed by atoms with Crippen LogP contribution in [0, 0.1) is 0 Å². The molecule has 0 aliphatic carbocycles. The van der Waals surface area contributed by atoms with Crippen LogP contribution < -0.4 is 5.32 Å². The fraction of sp³-hybridized carbons (Fsp3) is 0. The van der Waals surface area contributed by atoms with Crippen molar-refractivity contribution < 1.29 is 9.21 Å². The Labute approximate surface area is 150 Å². The van der Waals surface area contributed by atoms with Crippen LogP contribution in [0.3, 0.4) is 0 Å². The Bertz CT molecular complexity index is 1100. The molecule has 0 unspecified atom stereocenters. The normalized spacial score (nSPS) is 10.6. The molecule has 0 saturated heterocycles. The number of rotatable bonds is 4. The number of amides is 1. The number of carbonyl (C=O) groups is 1. The molecule has 4 aromatic rings. The first-order valence-electron chi connectivity index (χ1n) is 8.22. The molecule has 0 radical (unpaired) electrons. The highest BCUT2D eigenvalue weighted by molar-refractivity contribution is 5.99. The zero-order valence-corrected chi connectivity index (χ0v) is 14.0. The molecule has 0 atom stereocenters. The number of nitrogens with zero attached hydrogens (tertiary/aromatic N) is 1. The van der Waals surface area contributed by atoms with Crippen LogP contribution in [0.1, 0.15) is 0 Å². The molecule has 26 heavy (non-hydrogen) atoms. The second-order valence-electron chi connectivity index (χ2n) is 5.82. The smallest absolute Gasteiger partial charge is 0.247 e. The summed E-state index contributed by atoms with van der Waals surface area (Å²) in [6.07, 6.45) is 3.02. The molecule has 0 fully saturated rings. The zero-order chi connectivity index (χ0) is 17.9. The van der Waals surface area contributed by atoms with E-state index in [-0.39, 0.29) is 5.91 Å². The van der Waals surface area contributed by atoms with Crippen LogP contribution >= 0.6 is 0 Å². The van der Waals surface area contributed by atoms with Gasteiger partial charge in [-0.1, -0.05) is 49.0 Å². The van der Waals surface area contributed by atoms with Crippen molar-refractivity contribution in [2.24, 2.45) is 0 Å². The average molecular weight is 340 g/mol. The van der Waals surface area contributed by atoms with E-state index >= 15 is 0 Å². The Hall–Kier alpha value is -3.66. The number of fused-ring (bicyclic) bond motifs is 1. The van der Waals surface area contributed by atoms with Gasteiger partial charge in [0.05, 0.1) is 0 Å². The maximum absolute atomic E-state index is 11.5. The summed E-state index contributed by atoms with van der Waals surface area (Å²) in [4.78, 5) is 15.9. The predicted octanol–water partition coefficient (Wildman–Crippen LogP) is 5.29. The van der Waals surface area contributed by atoms with E-state index in [1.165, 1.54) is 6.08 Å². The summed E-state index contributed by atoms with van der Waals surface area (Å²) < 4.78 is 6.13. The van der Waals surface area contributed by atoms with Crippen LogP contribution in [-0.4, -0.2) is 10.9 Å². The van der Waals surface area contributed by atoms with Crippen molar-refractivity contribution >= 4 is 22.7 Å². The van der Waals surface area contributed by atoms with Gasteiger partial charge in [0.1, 0.15) is 11.3 Å². The third-order valence-corrected chi connectivity index (χ3v) is 4.10. The standard InChI is InChI=1S/C22H16N2O2/c1-2-21(25)24-17-10-6-9-16(13-17)20-14-19-22(26-20)18(11-12-23-19)15-7-4-3-5-8-15/h2-14H,1H2,(H,24,25). The minimum absolute atomic E-state index is 0.250. The van der Waals surface area contributed by atoms with Crippen molar-refractivity contribution in [1.82, 2.24) is 4.98 Å². The molecule has 0 aliphatic rings. The third kappa shape index (κ3) is 3.00. The van der Waals surface area contributed by atoms with Crippen molar-refractivity contribution in [3.05, 3.63) is 85.6 Å². The molecule has 2 aromatic carbocycles. The first-order chi connectivity index (χ1) is 12.7. The van der Waals surface area contributed by atoms with Gasteiger partial charge in [0.15, 0.2) is 5.58 Å². The third-order valence-electron chi connectivity index (χ3n) is 4.10. The number of aromatic nitrogens is 1. The number of pyridine rings is 1. The zero-order valence-electron chi connectivity index (χ0n) is 14.0. The highest BCUT2D eigenvalue weighted by Gasteiger charge is 2.12. The molecular weight excluding hydrogens is 324 g/mol. The van der Waals surface area contributed by atoms with Crippen molar-refractivity contribution in [1.29, 1.82) is 0 Å². The first-order valence-corrected chi connectivity index (χ1v) is 8.22. The van der Waals surface area contributed by atoms with Crippen LogP contribution in [-0.2, 0) is 4.79 Å². The van der Waals surface area contributed by atoms with E-state index in [4.69, 9.17) is 4.42 Å². The van der Waals surface area contributed by atoms with Crippen LogP contribution in [0.25, 0.3) is 33.6 Å². The summed E-state index contributed by atoms with van der Waals surface area (Å²) in [6.45, 7) is 3.47. The molecule has 126 valence electrons. The summed E-state index contributed by atoms with van der Waals surface area (Å²) >= 11 is 0. The van der Waals surface area contributed by atoms with Crippen LogP contribution in [0.4, 0.5) is 5.69 Å². The summed E-state index contributed by atoms with van der Waals surface area (Å²) in [7, 11) is 0. The fourth-order valence-corrected chi connectivity index (χ4v) is 2.87. The molecule has 2 heterocycles. The molecule has 4 heteroatoms. The van der Waals surface area contributed by atoms with E-state index in [1.807, 2.05) is 66.7 Å². The molecule has 0 saturated carbocycles. The van der Waals surface area contributed by atoms with E-state index in [9.17, 15) is 4.79 Å². The van der Waals surface area contributed by atoms with E-state index in [2.05, 4.69) is 16.9 Å². The minimum Gasteiger partial charge on any atom is -0.454 e. The predicted molar refractivity (Wildman–Crippen MR) is 104 cm³/mol.